The molecule has 24 heavy (non-hydrogen) atoms. The largest absolute Gasteiger partial charge is 0.351 e. The number of hydrogen-bond donors (Lipinski definition) is 3. The second kappa shape index (κ2) is 11.6. The van der Waals surface area contributed by atoms with Crippen LogP contribution in [0.3, 0.4) is 0 Å². The molecular formula is C16H22Cl2N4O2. The van der Waals surface area contributed by atoms with Gasteiger partial charge in [0.25, 0.3) is 11.5 Å². The summed E-state index contributed by atoms with van der Waals surface area (Å²) < 4.78 is 0. The van der Waals surface area contributed by atoms with Crippen LogP contribution in [0.15, 0.2) is 41.3 Å². The Bertz CT molecular complexity index is 677. The first-order valence-corrected chi connectivity index (χ1v) is 7.36. The van der Waals surface area contributed by atoms with Crippen molar-refractivity contribution in [3.05, 3.63) is 52.4 Å². The molecule has 132 valence electrons. The lowest BCUT2D eigenvalue weighted by molar-refractivity contribution is 0.0952. The van der Waals surface area contributed by atoms with Gasteiger partial charge in [-0.3, -0.25) is 14.6 Å². The predicted molar refractivity (Wildman–Crippen MR) is 100 cm³/mol. The Morgan fingerprint density at radius 2 is 1.92 bits per heavy atom. The molecule has 2 aromatic heterocycles. The van der Waals surface area contributed by atoms with Crippen molar-refractivity contribution in [3.8, 4) is 11.4 Å². The second-order valence-corrected chi connectivity index (χ2v) is 4.84. The SMILES string of the molecule is CCCNCCNC(=O)c1ccc(-c2ccccn2)[nH]c1=O.Cl.Cl. The van der Waals surface area contributed by atoms with Gasteiger partial charge in [0.1, 0.15) is 5.56 Å². The van der Waals surface area contributed by atoms with Gasteiger partial charge < -0.3 is 15.6 Å². The number of carbonyl (C=O) groups is 1. The van der Waals surface area contributed by atoms with Crippen molar-refractivity contribution < 1.29 is 4.79 Å². The van der Waals surface area contributed by atoms with E-state index in [0.717, 1.165) is 13.0 Å². The Morgan fingerprint density at radius 3 is 2.54 bits per heavy atom. The number of aromatic nitrogens is 2. The fraction of sp³-hybridized carbons (Fsp3) is 0.312. The van der Waals surface area contributed by atoms with Gasteiger partial charge in [-0.05, 0) is 37.2 Å². The monoisotopic (exact) mass is 372 g/mol. The van der Waals surface area contributed by atoms with Gasteiger partial charge in [0.2, 0.25) is 0 Å². The maximum atomic E-state index is 12.0. The Kier molecular flexibility index (Phi) is 10.7. The van der Waals surface area contributed by atoms with Gasteiger partial charge in [-0.25, -0.2) is 0 Å². The number of halogens is 2. The Balaban J connectivity index is 0.00000264. The quantitative estimate of drug-likeness (QED) is 0.648. The van der Waals surface area contributed by atoms with E-state index in [9.17, 15) is 9.59 Å². The number of nitrogens with zero attached hydrogens (tertiary/aromatic N) is 1. The summed E-state index contributed by atoms with van der Waals surface area (Å²) in [6.07, 6.45) is 2.69. The van der Waals surface area contributed by atoms with Gasteiger partial charge in [0, 0.05) is 19.3 Å². The Labute approximate surface area is 153 Å². The normalized spacial score (nSPS) is 9.54. The van der Waals surface area contributed by atoms with Gasteiger partial charge in [-0.1, -0.05) is 13.0 Å². The summed E-state index contributed by atoms with van der Waals surface area (Å²) in [5, 5.41) is 5.90. The zero-order valence-electron chi connectivity index (χ0n) is 13.4. The number of pyridine rings is 2. The summed E-state index contributed by atoms with van der Waals surface area (Å²) in [5.74, 6) is -0.368. The number of aromatic amines is 1. The van der Waals surface area contributed by atoms with Gasteiger partial charge in [0.15, 0.2) is 0 Å². The summed E-state index contributed by atoms with van der Waals surface area (Å²) in [6.45, 7) is 4.16. The zero-order chi connectivity index (χ0) is 15.8. The molecule has 0 saturated heterocycles. The topological polar surface area (TPSA) is 86.9 Å². The number of nitrogens with one attached hydrogen (secondary N) is 3. The van der Waals surface area contributed by atoms with E-state index >= 15 is 0 Å². The lowest BCUT2D eigenvalue weighted by Gasteiger charge is -2.06. The molecule has 0 aliphatic carbocycles. The van der Waals surface area contributed by atoms with Crippen LogP contribution in [-0.4, -0.2) is 35.5 Å². The van der Waals surface area contributed by atoms with Crippen LogP contribution in [0.5, 0.6) is 0 Å². The summed E-state index contributed by atoms with van der Waals surface area (Å²) in [6, 6.07) is 8.65. The van der Waals surface area contributed by atoms with Crippen LogP contribution in [0.2, 0.25) is 0 Å². The van der Waals surface area contributed by atoms with E-state index < -0.39 is 5.56 Å². The molecule has 2 heterocycles. The molecule has 2 aromatic rings. The fourth-order valence-corrected chi connectivity index (χ4v) is 1.99. The highest BCUT2D eigenvalue weighted by Crippen LogP contribution is 2.11. The lowest BCUT2D eigenvalue weighted by Crippen LogP contribution is -2.34. The number of carbonyl (C=O) groups excluding carboxylic acids is 1. The van der Waals surface area contributed by atoms with Crippen LogP contribution < -0.4 is 16.2 Å². The minimum atomic E-state index is -0.415. The minimum Gasteiger partial charge on any atom is -0.351 e. The lowest BCUT2D eigenvalue weighted by atomic mass is 10.2. The standard InChI is InChI=1S/C16H20N4O2.2ClH/c1-2-8-17-10-11-19-15(21)12-6-7-14(20-16(12)22)13-5-3-4-9-18-13;;/h3-7,9,17H,2,8,10-11H2,1H3,(H,19,21)(H,20,22);2*1H. The summed E-state index contributed by atoms with van der Waals surface area (Å²) in [7, 11) is 0. The van der Waals surface area contributed by atoms with E-state index in [-0.39, 0.29) is 36.3 Å². The third kappa shape index (κ3) is 6.31. The van der Waals surface area contributed by atoms with Crippen LogP contribution >= 0.6 is 24.8 Å². The molecule has 0 aromatic carbocycles. The molecule has 0 saturated carbocycles. The number of rotatable bonds is 7. The van der Waals surface area contributed by atoms with Crippen LogP contribution in [0.25, 0.3) is 11.4 Å². The van der Waals surface area contributed by atoms with E-state index in [1.165, 1.54) is 6.07 Å². The molecular weight excluding hydrogens is 351 g/mol. The molecule has 0 fully saturated rings. The third-order valence-corrected chi connectivity index (χ3v) is 3.11. The van der Waals surface area contributed by atoms with Crippen molar-refractivity contribution in [1.29, 1.82) is 0 Å². The highest BCUT2D eigenvalue weighted by molar-refractivity contribution is 5.94. The first kappa shape index (κ1) is 22.1. The summed E-state index contributed by atoms with van der Waals surface area (Å²) >= 11 is 0. The van der Waals surface area contributed by atoms with Gasteiger partial charge in [-0.15, -0.1) is 24.8 Å². The fourth-order valence-electron chi connectivity index (χ4n) is 1.99. The zero-order valence-corrected chi connectivity index (χ0v) is 15.0. The molecule has 0 unspecified atom stereocenters. The first-order valence-electron chi connectivity index (χ1n) is 7.36. The highest BCUT2D eigenvalue weighted by Gasteiger charge is 2.11. The smallest absolute Gasteiger partial charge is 0.261 e. The second-order valence-electron chi connectivity index (χ2n) is 4.84. The van der Waals surface area contributed by atoms with Crippen molar-refractivity contribution in [2.45, 2.75) is 13.3 Å². The average molecular weight is 373 g/mol. The highest BCUT2D eigenvalue weighted by atomic mass is 35.5. The Morgan fingerprint density at radius 1 is 1.12 bits per heavy atom. The molecule has 0 atom stereocenters. The van der Waals surface area contributed by atoms with Crippen LogP contribution in [0, 0.1) is 0 Å². The summed E-state index contributed by atoms with van der Waals surface area (Å²) in [4.78, 5) is 30.9. The van der Waals surface area contributed by atoms with Crippen LogP contribution in [0.4, 0.5) is 0 Å². The molecule has 3 N–H and O–H groups in total. The van der Waals surface area contributed by atoms with Gasteiger partial charge in [0.05, 0.1) is 11.4 Å². The van der Waals surface area contributed by atoms with Crippen molar-refractivity contribution in [2.24, 2.45) is 0 Å². The van der Waals surface area contributed by atoms with Gasteiger partial charge in [-0.2, -0.15) is 0 Å². The molecule has 8 heteroatoms. The maximum Gasteiger partial charge on any atom is 0.261 e. The third-order valence-electron chi connectivity index (χ3n) is 3.11. The van der Waals surface area contributed by atoms with Crippen molar-refractivity contribution in [3.63, 3.8) is 0 Å². The molecule has 0 aliphatic heterocycles. The van der Waals surface area contributed by atoms with E-state index in [1.54, 1.807) is 24.4 Å². The predicted octanol–water partition coefficient (Wildman–Crippen LogP) is 2.01. The average Bonchev–Trinajstić information content (AvgIpc) is 2.55. The van der Waals surface area contributed by atoms with Crippen LogP contribution in [-0.2, 0) is 0 Å². The van der Waals surface area contributed by atoms with E-state index in [1.807, 2.05) is 6.07 Å². The molecule has 6 nitrogen and oxygen atoms in total. The molecule has 1 amide bonds. The molecule has 0 spiro atoms. The maximum absolute atomic E-state index is 12.0. The molecule has 0 radical (unpaired) electrons. The number of H-pyrrole nitrogens is 1. The van der Waals surface area contributed by atoms with Gasteiger partial charge >= 0.3 is 0 Å². The Hall–Kier alpha value is -1.89. The van der Waals surface area contributed by atoms with E-state index in [2.05, 4.69) is 27.5 Å². The molecule has 0 aliphatic rings. The van der Waals surface area contributed by atoms with Crippen molar-refractivity contribution in [1.82, 2.24) is 20.6 Å². The summed E-state index contributed by atoms with van der Waals surface area (Å²) in [5.41, 5.74) is 0.944. The molecule has 2 rings (SSSR count). The first-order chi connectivity index (χ1) is 10.7. The van der Waals surface area contributed by atoms with Crippen LogP contribution in [0.1, 0.15) is 23.7 Å². The number of hydrogen-bond acceptors (Lipinski definition) is 4. The van der Waals surface area contributed by atoms with Crippen molar-refractivity contribution in [2.75, 3.05) is 19.6 Å². The number of amides is 1. The molecule has 0 bridgehead atoms. The minimum absolute atomic E-state index is 0. The van der Waals surface area contributed by atoms with E-state index in [4.69, 9.17) is 0 Å². The van der Waals surface area contributed by atoms with E-state index in [0.29, 0.717) is 24.5 Å². The van der Waals surface area contributed by atoms with Crippen molar-refractivity contribution >= 4 is 30.7 Å².